The Labute approximate surface area is 154 Å². The lowest BCUT2D eigenvalue weighted by atomic mass is 10.3. The minimum Gasteiger partial charge on any atom is -0.431 e. The van der Waals surface area contributed by atoms with Gasteiger partial charge >= 0.3 is 0 Å². The van der Waals surface area contributed by atoms with Crippen molar-refractivity contribution >= 4 is 38.5 Å². The molecule has 0 saturated carbocycles. The van der Waals surface area contributed by atoms with Gasteiger partial charge in [-0.3, -0.25) is 0 Å². The van der Waals surface area contributed by atoms with E-state index in [-0.39, 0.29) is 4.90 Å². The summed E-state index contributed by atoms with van der Waals surface area (Å²) in [6.45, 7) is 0. The monoisotopic (exact) mass is 388 g/mol. The molecular weight excluding hydrogens is 372 g/mol. The van der Waals surface area contributed by atoms with Crippen molar-refractivity contribution in [2.75, 3.05) is 14.1 Å². The molecule has 134 valence electrons. The van der Waals surface area contributed by atoms with Gasteiger partial charge in [-0.05, 0) is 30.3 Å². The van der Waals surface area contributed by atoms with E-state index < -0.39 is 10.0 Å². The van der Waals surface area contributed by atoms with Crippen molar-refractivity contribution in [3.05, 3.63) is 54.5 Å². The minimum absolute atomic E-state index is 0.195. The van der Waals surface area contributed by atoms with Crippen molar-refractivity contribution in [1.29, 1.82) is 0 Å². The Balaban J connectivity index is 1.57. The van der Waals surface area contributed by atoms with Crippen LogP contribution >= 0.6 is 11.8 Å². The third-order valence-corrected chi connectivity index (χ3v) is 6.55. The highest BCUT2D eigenvalue weighted by Crippen LogP contribution is 2.28. The molecule has 0 N–H and O–H groups in total. The first-order chi connectivity index (χ1) is 12.4. The summed E-state index contributed by atoms with van der Waals surface area (Å²) >= 11 is 1.42. The summed E-state index contributed by atoms with van der Waals surface area (Å²) in [7, 11) is -0.500. The molecule has 0 aliphatic carbocycles. The first-order valence-electron chi connectivity index (χ1n) is 7.82. The van der Waals surface area contributed by atoms with Gasteiger partial charge < -0.3 is 8.82 Å². The average molecular weight is 388 g/mol. The van der Waals surface area contributed by atoms with Crippen LogP contribution in [0.2, 0.25) is 0 Å². The first-order valence-corrected chi connectivity index (χ1v) is 10.2. The Morgan fingerprint density at radius 3 is 2.81 bits per heavy atom. The quantitative estimate of drug-likeness (QED) is 0.489. The zero-order valence-corrected chi connectivity index (χ0v) is 15.8. The summed E-state index contributed by atoms with van der Waals surface area (Å²) in [5.74, 6) is 0.608. The second-order valence-corrected chi connectivity index (χ2v) is 8.96. The van der Waals surface area contributed by atoms with Crippen molar-refractivity contribution in [3.8, 4) is 0 Å². The van der Waals surface area contributed by atoms with Crippen molar-refractivity contribution < 1.29 is 12.8 Å². The SMILES string of the molecule is CN(C)S(=O)(=O)c1ccc2oc(SCc3cn4ccccc4n3)nc2c1. The zero-order chi connectivity index (χ0) is 18.3. The fourth-order valence-electron chi connectivity index (χ4n) is 2.51. The maximum absolute atomic E-state index is 12.2. The number of benzene rings is 1. The number of rotatable bonds is 5. The Morgan fingerprint density at radius 1 is 1.19 bits per heavy atom. The number of hydrogen-bond acceptors (Lipinski definition) is 6. The summed E-state index contributed by atoms with van der Waals surface area (Å²) in [4.78, 5) is 9.12. The lowest BCUT2D eigenvalue weighted by molar-refractivity contribution is 0.489. The molecule has 0 atom stereocenters. The molecule has 0 radical (unpaired) electrons. The molecule has 9 heteroatoms. The average Bonchev–Trinajstić information content (AvgIpc) is 3.22. The van der Waals surface area contributed by atoms with Crippen molar-refractivity contribution in [1.82, 2.24) is 18.7 Å². The largest absolute Gasteiger partial charge is 0.431 e. The second kappa shape index (κ2) is 6.42. The number of imidazole rings is 1. The Morgan fingerprint density at radius 2 is 2.04 bits per heavy atom. The molecule has 0 spiro atoms. The predicted molar refractivity (Wildman–Crippen MR) is 99.6 cm³/mol. The normalized spacial score (nSPS) is 12.4. The topological polar surface area (TPSA) is 80.7 Å². The number of aromatic nitrogens is 3. The molecule has 0 fully saturated rings. The van der Waals surface area contributed by atoms with Gasteiger partial charge in [0.15, 0.2) is 5.58 Å². The summed E-state index contributed by atoms with van der Waals surface area (Å²) in [5.41, 5.74) is 2.88. The van der Waals surface area contributed by atoms with Crippen LogP contribution in [0.3, 0.4) is 0 Å². The van der Waals surface area contributed by atoms with Gasteiger partial charge in [0.2, 0.25) is 10.0 Å². The van der Waals surface area contributed by atoms with E-state index in [1.807, 2.05) is 35.0 Å². The molecule has 0 aliphatic rings. The number of thioether (sulfide) groups is 1. The van der Waals surface area contributed by atoms with Crippen LogP contribution in [-0.4, -0.2) is 41.2 Å². The Hall–Kier alpha value is -2.36. The Kier molecular flexibility index (Phi) is 4.22. The summed E-state index contributed by atoms with van der Waals surface area (Å²) in [6, 6.07) is 10.5. The van der Waals surface area contributed by atoms with Crippen molar-refractivity contribution in [2.24, 2.45) is 0 Å². The smallest absolute Gasteiger partial charge is 0.257 e. The van der Waals surface area contributed by atoms with E-state index >= 15 is 0 Å². The zero-order valence-electron chi connectivity index (χ0n) is 14.2. The van der Waals surface area contributed by atoms with Gasteiger partial charge in [0.25, 0.3) is 5.22 Å². The molecule has 26 heavy (non-hydrogen) atoms. The number of fused-ring (bicyclic) bond motifs is 2. The standard InChI is InChI=1S/C17H16N4O3S2/c1-20(2)26(22,23)13-6-7-15-14(9-13)19-17(24-15)25-11-12-10-21-8-4-3-5-16(21)18-12/h3-10H,11H2,1-2H3. The second-order valence-electron chi connectivity index (χ2n) is 5.88. The first kappa shape index (κ1) is 17.1. The summed E-state index contributed by atoms with van der Waals surface area (Å²) < 4.78 is 33.3. The fourth-order valence-corrected chi connectivity index (χ4v) is 4.16. The molecule has 3 aromatic heterocycles. The maximum atomic E-state index is 12.2. The molecule has 4 aromatic rings. The van der Waals surface area contributed by atoms with Crippen LogP contribution in [0.25, 0.3) is 16.7 Å². The van der Waals surface area contributed by atoms with Crippen molar-refractivity contribution in [3.63, 3.8) is 0 Å². The van der Waals surface area contributed by atoms with Crippen LogP contribution in [0.4, 0.5) is 0 Å². The predicted octanol–water partition coefficient (Wildman–Crippen LogP) is 3.02. The van der Waals surface area contributed by atoms with Gasteiger partial charge in [0, 0.05) is 32.2 Å². The van der Waals surface area contributed by atoms with E-state index in [0.717, 1.165) is 11.3 Å². The fraction of sp³-hybridized carbons (Fsp3) is 0.176. The number of pyridine rings is 1. The van der Waals surface area contributed by atoms with Crippen LogP contribution in [-0.2, 0) is 15.8 Å². The van der Waals surface area contributed by atoms with Gasteiger partial charge in [0.1, 0.15) is 11.2 Å². The molecule has 0 bridgehead atoms. The van der Waals surface area contributed by atoms with E-state index in [2.05, 4.69) is 9.97 Å². The highest BCUT2D eigenvalue weighted by molar-refractivity contribution is 7.98. The van der Waals surface area contributed by atoms with Gasteiger partial charge in [0.05, 0.1) is 10.6 Å². The lowest BCUT2D eigenvalue weighted by Gasteiger charge is -2.10. The molecule has 1 aromatic carbocycles. The van der Waals surface area contributed by atoms with Crippen LogP contribution in [0.1, 0.15) is 5.69 Å². The summed E-state index contributed by atoms with van der Waals surface area (Å²) in [6.07, 6.45) is 3.91. The number of sulfonamides is 1. The van der Waals surface area contributed by atoms with Crippen LogP contribution in [0, 0.1) is 0 Å². The van der Waals surface area contributed by atoms with E-state index in [0.29, 0.717) is 22.1 Å². The molecule has 0 unspecified atom stereocenters. The molecule has 0 aliphatic heterocycles. The van der Waals surface area contributed by atoms with Gasteiger partial charge in [-0.15, -0.1) is 0 Å². The Bertz CT molecular complexity index is 1160. The van der Waals surface area contributed by atoms with Gasteiger partial charge in [-0.2, -0.15) is 0 Å². The number of hydrogen-bond donors (Lipinski definition) is 0. The molecule has 7 nitrogen and oxygen atoms in total. The molecule has 0 saturated heterocycles. The number of oxazole rings is 1. The number of nitrogens with zero attached hydrogens (tertiary/aromatic N) is 4. The van der Waals surface area contributed by atoms with E-state index in [1.54, 1.807) is 6.07 Å². The van der Waals surface area contributed by atoms with Crippen LogP contribution in [0.15, 0.2) is 63.3 Å². The highest BCUT2D eigenvalue weighted by atomic mass is 32.2. The minimum atomic E-state index is -3.50. The molecular formula is C17H16N4O3S2. The van der Waals surface area contributed by atoms with E-state index in [9.17, 15) is 8.42 Å². The third-order valence-electron chi connectivity index (χ3n) is 3.88. The molecule has 0 amide bonds. The third kappa shape index (κ3) is 3.09. The lowest BCUT2D eigenvalue weighted by Crippen LogP contribution is -2.22. The van der Waals surface area contributed by atoms with Crippen molar-refractivity contribution in [2.45, 2.75) is 15.9 Å². The van der Waals surface area contributed by atoms with E-state index in [1.165, 1.54) is 42.3 Å². The van der Waals surface area contributed by atoms with Crippen LogP contribution in [0.5, 0.6) is 0 Å². The van der Waals surface area contributed by atoms with Gasteiger partial charge in [-0.25, -0.2) is 22.7 Å². The molecule has 3 heterocycles. The highest BCUT2D eigenvalue weighted by Gasteiger charge is 2.19. The summed E-state index contributed by atoms with van der Waals surface area (Å²) in [5, 5.41) is 0.483. The maximum Gasteiger partial charge on any atom is 0.257 e. The van der Waals surface area contributed by atoms with E-state index in [4.69, 9.17) is 4.42 Å². The van der Waals surface area contributed by atoms with Gasteiger partial charge in [-0.1, -0.05) is 17.8 Å². The van der Waals surface area contributed by atoms with Crippen LogP contribution < -0.4 is 0 Å². The molecule has 4 rings (SSSR count).